The van der Waals surface area contributed by atoms with E-state index in [9.17, 15) is 14.4 Å². The lowest BCUT2D eigenvalue weighted by Crippen LogP contribution is -2.50. The second-order valence-electron chi connectivity index (χ2n) is 7.63. The number of rotatable bonds is 6. The van der Waals surface area contributed by atoms with Crippen LogP contribution in [-0.2, 0) is 4.79 Å². The molecule has 3 aromatic rings. The van der Waals surface area contributed by atoms with Gasteiger partial charge in [-0.25, -0.2) is 4.79 Å². The van der Waals surface area contributed by atoms with Gasteiger partial charge < -0.3 is 19.6 Å². The zero-order chi connectivity index (χ0) is 22.5. The fourth-order valence-corrected chi connectivity index (χ4v) is 3.85. The Bertz CT molecular complexity index is 1150. The molecule has 1 saturated heterocycles. The number of hydrogen-bond donors (Lipinski definition) is 1. The lowest BCUT2D eigenvalue weighted by molar-refractivity contribution is -0.133. The average molecular weight is 432 g/mol. The highest BCUT2D eigenvalue weighted by molar-refractivity contribution is 5.97. The van der Waals surface area contributed by atoms with Crippen molar-refractivity contribution in [3.05, 3.63) is 77.9 Å². The standard InChI is InChI=1S/C25H24N2O5/c28-23(11-16-32-22-10-4-6-18-5-1-2-9-21(18)22)26-12-14-27(15-13-26)24(29)19-7-3-8-20(17-19)25(30)31/h1-10,17H,11-16H2,(H,30,31). The van der Waals surface area contributed by atoms with Gasteiger partial charge in [-0.15, -0.1) is 0 Å². The average Bonchev–Trinajstić information content (AvgIpc) is 2.84. The van der Waals surface area contributed by atoms with Crippen LogP contribution >= 0.6 is 0 Å². The number of aromatic carboxylic acids is 1. The molecule has 0 aromatic heterocycles. The number of fused-ring (bicyclic) bond motifs is 1. The van der Waals surface area contributed by atoms with Gasteiger partial charge in [0.25, 0.3) is 5.91 Å². The molecule has 1 N–H and O–H groups in total. The normalized spacial score (nSPS) is 13.8. The van der Waals surface area contributed by atoms with Crippen molar-refractivity contribution in [3.8, 4) is 5.75 Å². The summed E-state index contributed by atoms with van der Waals surface area (Å²) >= 11 is 0. The third-order valence-electron chi connectivity index (χ3n) is 5.60. The van der Waals surface area contributed by atoms with Gasteiger partial charge in [0.2, 0.25) is 5.91 Å². The molecule has 1 heterocycles. The molecule has 164 valence electrons. The maximum atomic E-state index is 12.7. The summed E-state index contributed by atoms with van der Waals surface area (Å²) in [5.41, 5.74) is 0.420. The fraction of sp³-hybridized carbons (Fsp3) is 0.240. The van der Waals surface area contributed by atoms with Crippen LogP contribution in [0.4, 0.5) is 0 Å². The molecule has 0 unspecified atom stereocenters. The number of carbonyl (C=O) groups excluding carboxylic acids is 2. The topological polar surface area (TPSA) is 87.2 Å². The highest BCUT2D eigenvalue weighted by Crippen LogP contribution is 2.25. The van der Waals surface area contributed by atoms with Gasteiger partial charge in [-0.3, -0.25) is 9.59 Å². The van der Waals surface area contributed by atoms with E-state index in [0.717, 1.165) is 16.5 Å². The number of carboxylic acid groups (broad SMARTS) is 1. The van der Waals surface area contributed by atoms with E-state index >= 15 is 0 Å². The van der Waals surface area contributed by atoms with E-state index in [2.05, 4.69) is 0 Å². The Kier molecular flexibility index (Phi) is 6.35. The second-order valence-corrected chi connectivity index (χ2v) is 7.63. The molecule has 1 aliphatic heterocycles. The first-order chi connectivity index (χ1) is 15.5. The van der Waals surface area contributed by atoms with Crippen LogP contribution in [0.25, 0.3) is 10.8 Å². The summed E-state index contributed by atoms with van der Waals surface area (Å²) in [5.74, 6) is -0.541. The van der Waals surface area contributed by atoms with Gasteiger partial charge in [0, 0.05) is 37.1 Å². The number of benzene rings is 3. The van der Waals surface area contributed by atoms with Crippen LogP contribution in [0.1, 0.15) is 27.1 Å². The van der Waals surface area contributed by atoms with E-state index in [1.165, 1.54) is 12.1 Å². The van der Waals surface area contributed by atoms with Gasteiger partial charge in [0.05, 0.1) is 18.6 Å². The molecule has 32 heavy (non-hydrogen) atoms. The molecule has 4 rings (SSSR count). The van der Waals surface area contributed by atoms with E-state index in [1.807, 2.05) is 42.5 Å². The highest BCUT2D eigenvalue weighted by atomic mass is 16.5. The van der Waals surface area contributed by atoms with E-state index in [0.29, 0.717) is 31.7 Å². The van der Waals surface area contributed by atoms with Gasteiger partial charge >= 0.3 is 5.97 Å². The van der Waals surface area contributed by atoms with E-state index in [-0.39, 0.29) is 30.4 Å². The SMILES string of the molecule is O=C(O)c1cccc(C(=O)N2CCN(C(=O)CCOc3cccc4ccccc34)CC2)c1. The Morgan fingerprint density at radius 2 is 1.47 bits per heavy atom. The molecule has 0 aliphatic carbocycles. The van der Waals surface area contributed by atoms with Crippen molar-refractivity contribution >= 4 is 28.6 Å². The zero-order valence-corrected chi connectivity index (χ0v) is 17.6. The van der Waals surface area contributed by atoms with E-state index in [4.69, 9.17) is 9.84 Å². The van der Waals surface area contributed by atoms with Crippen molar-refractivity contribution in [1.82, 2.24) is 9.80 Å². The lowest BCUT2D eigenvalue weighted by Gasteiger charge is -2.35. The number of carbonyl (C=O) groups is 3. The molecule has 2 amide bonds. The third-order valence-corrected chi connectivity index (χ3v) is 5.60. The molecule has 0 atom stereocenters. The van der Waals surface area contributed by atoms with Crippen LogP contribution < -0.4 is 4.74 Å². The van der Waals surface area contributed by atoms with E-state index in [1.54, 1.807) is 21.9 Å². The summed E-state index contributed by atoms with van der Waals surface area (Å²) in [6.07, 6.45) is 0.262. The van der Waals surface area contributed by atoms with Gasteiger partial charge in [-0.2, -0.15) is 0 Å². The first kappa shape index (κ1) is 21.4. The molecule has 7 heteroatoms. The van der Waals surface area contributed by atoms with Crippen LogP contribution in [0.3, 0.4) is 0 Å². The van der Waals surface area contributed by atoms with Crippen molar-refractivity contribution < 1.29 is 24.2 Å². The number of nitrogens with zero attached hydrogens (tertiary/aromatic N) is 2. The Hall–Kier alpha value is -3.87. The smallest absolute Gasteiger partial charge is 0.335 e. The minimum atomic E-state index is -1.07. The summed E-state index contributed by atoms with van der Waals surface area (Å²) in [6.45, 7) is 1.99. The Balaban J connectivity index is 1.27. The summed E-state index contributed by atoms with van der Waals surface area (Å²) in [5, 5.41) is 11.2. The van der Waals surface area contributed by atoms with Crippen molar-refractivity contribution in [2.75, 3.05) is 32.8 Å². The van der Waals surface area contributed by atoms with Crippen molar-refractivity contribution in [3.63, 3.8) is 0 Å². The second kappa shape index (κ2) is 9.51. The molecule has 0 bridgehead atoms. The summed E-state index contributed by atoms with van der Waals surface area (Å²) in [4.78, 5) is 39.8. The Labute approximate surface area is 185 Å². The zero-order valence-electron chi connectivity index (χ0n) is 17.6. The quantitative estimate of drug-likeness (QED) is 0.646. The summed E-state index contributed by atoms with van der Waals surface area (Å²) in [7, 11) is 0. The molecule has 3 aromatic carbocycles. The number of carboxylic acids is 1. The number of hydrogen-bond acceptors (Lipinski definition) is 4. The molecule has 0 saturated carbocycles. The van der Waals surface area contributed by atoms with Crippen LogP contribution in [0.5, 0.6) is 5.75 Å². The lowest BCUT2D eigenvalue weighted by atomic mass is 10.1. The first-order valence-corrected chi connectivity index (χ1v) is 10.5. The van der Waals surface area contributed by atoms with Gasteiger partial charge in [-0.05, 0) is 29.7 Å². The third kappa shape index (κ3) is 4.72. The van der Waals surface area contributed by atoms with Gasteiger partial charge in [-0.1, -0.05) is 42.5 Å². The molecule has 7 nitrogen and oxygen atoms in total. The molecule has 0 radical (unpaired) electrons. The molecular formula is C25H24N2O5. The van der Waals surface area contributed by atoms with Crippen molar-refractivity contribution in [1.29, 1.82) is 0 Å². The van der Waals surface area contributed by atoms with Crippen molar-refractivity contribution in [2.45, 2.75) is 6.42 Å². The fourth-order valence-electron chi connectivity index (χ4n) is 3.85. The summed E-state index contributed by atoms with van der Waals surface area (Å²) in [6, 6.07) is 19.8. The Morgan fingerprint density at radius 3 is 2.25 bits per heavy atom. The molecule has 1 aliphatic rings. The maximum absolute atomic E-state index is 12.7. The Morgan fingerprint density at radius 1 is 0.812 bits per heavy atom. The van der Waals surface area contributed by atoms with Crippen LogP contribution in [-0.4, -0.2) is 65.5 Å². The molecule has 1 fully saturated rings. The van der Waals surface area contributed by atoms with Crippen LogP contribution in [0, 0.1) is 0 Å². The number of ether oxygens (including phenoxy) is 1. The minimum Gasteiger partial charge on any atom is -0.492 e. The minimum absolute atomic E-state index is 0.00906. The maximum Gasteiger partial charge on any atom is 0.335 e. The predicted molar refractivity (Wildman–Crippen MR) is 120 cm³/mol. The van der Waals surface area contributed by atoms with Crippen LogP contribution in [0.2, 0.25) is 0 Å². The summed E-state index contributed by atoms with van der Waals surface area (Å²) < 4.78 is 5.87. The van der Waals surface area contributed by atoms with E-state index < -0.39 is 5.97 Å². The van der Waals surface area contributed by atoms with Gasteiger partial charge in [0.15, 0.2) is 0 Å². The van der Waals surface area contributed by atoms with Gasteiger partial charge in [0.1, 0.15) is 5.75 Å². The first-order valence-electron chi connectivity index (χ1n) is 10.5. The number of amides is 2. The van der Waals surface area contributed by atoms with Crippen LogP contribution in [0.15, 0.2) is 66.7 Å². The molecule has 0 spiro atoms. The van der Waals surface area contributed by atoms with Crippen molar-refractivity contribution in [2.24, 2.45) is 0 Å². The predicted octanol–water partition coefficient (Wildman–Crippen LogP) is 3.29. The monoisotopic (exact) mass is 432 g/mol. The largest absolute Gasteiger partial charge is 0.492 e. The number of piperazine rings is 1. The highest BCUT2D eigenvalue weighted by Gasteiger charge is 2.25. The molecular weight excluding hydrogens is 408 g/mol.